The minimum absolute atomic E-state index is 0.182. The number of likely N-dealkylation sites (tertiary alicyclic amines) is 1. The molecule has 7 nitrogen and oxygen atoms in total. The van der Waals surface area contributed by atoms with Crippen LogP contribution in [0.4, 0.5) is 0 Å². The van der Waals surface area contributed by atoms with Gasteiger partial charge in [-0.15, -0.1) is 10.2 Å². The Morgan fingerprint density at radius 1 is 1.14 bits per heavy atom. The van der Waals surface area contributed by atoms with E-state index < -0.39 is 0 Å². The minimum atomic E-state index is 0.182. The van der Waals surface area contributed by atoms with Crippen molar-refractivity contribution in [3.05, 3.63) is 18.2 Å². The van der Waals surface area contributed by atoms with Gasteiger partial charge in [0.25, 0.3) is 0 Å². The number of fused-ring (bicyclic) bond motifs is 1. The highest BCUT2D eigenvalue weighted by Gasteiger charge is 2.29. The van der Waals surface area contributed by atoms with E-state index >= 15 is 0 Å². The van der Waals surface area contributed by atoms with Crippen LogP contribution in [-0.4, -0.2) is 56.6 Å². The number of nitrogens with zero attached hydrogens (tertiary/aromatic N) is 4. The van der Waals surface area contributed by atoms with Gasteiger partial charge in [0.1, 0.15) is 13.2 Å². The van der Waals surface area contributed by atoms with Gasteiger partial charge in [-0.25, -0.2) is 0 Å². The Morgan fingerprint density at radius 2 is 1.86 bits per heavy atom. The molecule has 0 saturated carbocycles. The van der Waals surface area contributed by atoms with Crippen LogP contribution in [0, 0.1) is 0 Å². The zero-order valence-electron chi connectivity index (χ0n) is 17.3. The second-order valence-corrected chi connectivity index (χ2v) is 8.57. The van der Waals surface area contributed by atoms with Crippen molar-refractivity contribution >= 4 is 17.7 Å². The molecule has 156 valence electrons. The number of thioether (sulfide) groups is 1. The van der Waals surface area contributed by atoms with Gasteiger partial charge >= 0.3 is 0 Å². The maximum atomic E-state index is 12.8. The molecule has 2 aromatic rings. The van der Waals surface area contributed by atoms with Gasteiger partial charge in [0, 0.05) is 24.2 Å². The Kier molecular flexibility index (Phi) is 5.99. The molecule has 1 fully saturated rings. The van der Waals surface area contributed by atoms with Crippen molar-refractivity contribution in [3.8, 4) is 22.9 Å². The van der Waals surface area contributed by atoms with Crippen LogP contribution in [0.25, 0.3) is 11.4 Å². The van der Waals surface area contributed by atoms with Crippen molar-refractivity contribution in [3.63, 3.8) is 0 Å². The second kappa shape index (κ2) is 8.65. The number of rotatable bonds is 5. The molecule has 2 atom stereocenters. The predicted molar refractivity (Wildman–Crippen MR) is 112 cm³/mol. The highest BCUT2D eigenvalue weighted by molar-refractivity contribution is 7.99. The maximum Gasteiger partial charge on any atom is 0.233 e. The molecule has 0 radical (unpaired) electrons. The summed E-state index contributed by atoms with van der Waals surface area (Å²) in [5.41, 5.74) is 0.931. The van der Waals surface area contributed by atoms with Crippen molar-refractivity contribution in [2.75, 3.05) is 19.0 Å². The van der Waals surface area contributed by atoms with Crippen LogP contribution < -0.4 is 9.47 Å². The van der Waals surface area contributed by atoms with Gasteiger partial charge in [-0.3, -0.25) is 4.79 Å². The SMILES string of the molecule is CCn1c(SCC(=O)N2[C@H](C)CCC[C@H]2C)nnc1-c1ccc2c(c1)OCCO2. The number of piperidine rings is 1. The summed E-state index contributed by atoms with van der Waals surface area (Å²) >= 11 is 1.46. The van der Waals surface area contributed by atoms with Crippen LogP contribution >= 0.6 is 11.8 Å². The summed E-state index contributed by atoms with van der Waals surface area (Å²) in [7, 11) is 0. The first-order valence-corrected chi connectivity index (χ1v) is 11.3. The number of ether oxygens (including phenoxy) is 2. The molecule has 0 bridgehead atoms. The molecule has 0 unspecified atom stereocenters. The molecule has 0 N–H and O–H groups in total. The third kappa shape index (κ3) is 4.08. The molecule has 8 heteroatoms. The van der Waals surface area contributed by atoms with Crippen molar-refractivity contribution in [1.29, 1.82) is 0 Å². The Bertz CT molecular complexity index is 875. The molecular formula is C21H28N4O3S. The number of hydrogen-bond acceptors (Lipinski definition) is 6. The van der Waals surface area contributed by atoms with Crippen molar-refractivity contribution in [1.82, 2.24) is 19.7 Å². The molecule has 29 heavy (non-hydrogen) atoms. The van der Waals surface area contributed by atoms with Crippen LogP contribution in [0.15, 0.2) is 23.4 Å². The largest absolute Gasteiger partial charge is 0.486 e. The first kappa shape index (κ1) is 20.1. The zero-order chi connectivity index (χ0) is 20.4. The zero-order valence-corrected chi connectivity index (χ0v) is 18.1. The van der Waals surface area contributed by atoms with Crippen LogP contribution in [0.5, 0.6) is 11.5 Å². The summed E-state index contributed by atoms with van der Waals surface area (Å²) in [4.78, 5) is 14.9. The van der Waals surface area contributed by atoms with Crippen molar-refractivity contribution in [2.24, 2.45) is 0 Å². The monoisotopic (exact) mass is 416 g/mol. The quantitative estimate of drug-likeness (QED) is 0.694. The summed E-state index contributed by atoms with van der Waals surface area (Å²) < 4.78 is 13.3. The third-order valence-corrected chi connectivity index (χ3v) is 6.59. The standard InChI is InChI=1S/C21H28N4O3S/c1-4-24-20(16-8-9-17-18(12-16)28-11-10-27-17)22-23-21(24)29-13-19(26)25-14(2)6-5-7-15(25)3/h8-9,12,14-15H,4-7,10-11,13H2,1-3H3/t14-,15-/m1/s1. The van der Waals surface area contributed by atoms with E-state index in [1.165, 1.54) is 18.2 Å². The highest BCUT2D eigenvalue weighted by Crippen LogP contribution is 2.35. The van der Waals surface area contributed by atoms with E-state index in [4.69, 9.17) is 9.47 Å². The average Bonchev–Trinajstić information content (AvgIpc) is 3.14. The van der Waals surface area contributed by atoms with Gasteiger partial charge in [-0.1, -0.05) is 11.8 Å². The Hall–Kier alpha value is -2.22. The number of carbonyl (C=O) groups excluding carboxylic acids is 1. The van der Waals surface area contributed by atoms with E-state index in [1.807, 2.05) is 27.7 Å². The fourth-order valence-corrected chi connectivity index (χ4v) is 5.06. The molecule has 1 saturated heterocycles. The summed E-state index contributed by atoms with van der Waals surface area (Å²) in [5, 5.41) is 9.53. The van der Waals surface area contributed by atoms with Crippen LogP contribution in [0.3, 0.4) is 0 Å². The van der Waals surface area contributed by atoms with Gasteiger partial charge in [-0.2, -0.15) is 0 Å². The lowest BCUT2D eigenvalue weighted by atomic mass is 9.98. The fourth-order valence-electron chi connectivity index (χ4n) is 4.19. The molecular weight excluding hydrogens is 388 g/mol. The molecule has 0 spiro atoms. The lowest BCUT2D eigenvalue weighted by Crippen LogP contribution is -2.48. The Balaban J connectivity index is 1.50. The van der Waals surface area contributed by atoms with Crippen LogP contribution in [0.2, 0.25) is 0 Å². The molecule has 2 aliphatic rings. The maximum absolute atomic E-state index is 12.8. The minimum Gasteiger partial charge on any atom is -0.486 e. The summed E-state index contributed by atoms with van der Waals surface area (Å²) in [6.45, 7) is 8.20. The molecule has 3 heterocycles. The average molecular weight is 417 g/mol. The molecule has 4 rings (SSSR count). The van der Waals surface area contributed by atoms with Gasteiger partial charge in [0.15, 0.2) is 22.5 Å². The van der Waals surface area contributed by atoms with Crippen molar-refractivity contribution < 1.29 is 14.3 Å². The summed E-state index contributed by atoms with van der Waals surface area (Å²) in [5.74, 6) is 2.83. The third-order valence-electron chi connectivity index (χ3n) is 5.64. The highest BCUT2D eigenvalue weighted by atomic mass is 32.2. The van der Waals surface area contributed by atoms with Crippen LogP contribution in [0.1, 0.15) is 40.0 Å². The van der Waals surface area contributed by atoms with Gasteiger partial charge < -0.3 is 18.9 Å². The summed E-state index contributed by atoms with van der Waals surface area (Å²) in [6, 6.07) is 6.45. The van der Waals surface area contributed by atoms with E-state index in [-0.39, 0.29) is 5.91 Å². The molecule has 1 aromatic heterocycles. The Morgan fingerprint density at radius 3 is 2.59 bits per heavy atom. The smallest absolute Gasteiger partial charge is 0.233 e. The summed E-state index contributed by atoms with van der Waals surface area (Å²) in [6.07, 6.45) is 3.36. The number of amides is 1. The molecule has 1 amide bonds. The van der Waals surface area contributed by atoms with Crippen LogP contribution in [-0.2, 0) is 11.3 Å². The first-order valence-electron chi connectivity index (χ1n) is 10.4. The van der Waals surface area contributed by atoms with Crippen molar-refractivity contribution in [2.45, 2.75) is 63.8 Å². The van der Waals surface area contributed by atoms with E-state index in [0.717, 1.165) is 47.4 Å². The topological polar surface area (TPSA) is 69.5 Å². The second-order valence-electron chi connectivity index (χ2n) is 7.63. The number of aromatic nitrogens is 3. The molecule has 2 aliphatic heterocycles. The lowest BCUT2D eigenvalue weighted by molar-refractivity contribution is -0.134. The molecule has 0 aliphatic carbocycles. The van der Waals surface area contributed by atoms with E-state index in [2.05, 4.69) is 31.0 Å². The lowest BCUT2D eigenvalue weighted by Gasteiger charge is -2.39. The number of benzene rings is 1. The number of hydrogen-bond donors (Lipinski definition) is 0. The predicted octanol–water partition coefficient (Wildman–Crippen LogP) is 3.62. The fraction of sp³-hybridized carbons (Fsp3) is 0.571. The normalized spacial score (nSPS) is 21.3. The van der Waals surface area contributed by atoms with E-state index in [1.54, 1.807) is 0 Å². The van der Waals surface area contributed by atoms with E-state index in [0.29, 0.717) is 31.1 Å². The number of carbonyl (C=O) groups is 1. The Labute approximate surface area is 175 Å². The first-order chi connectivity index (χ1) is 14.1. The van der Waals surface area contributed by atoms with E-state index in [9.17, 15) is 4.79 Å². The van der Waals surface area contributed by atoms with Gasteiger partial charge in [-0.05, 0) is 58.2 Å². The molecule has 1 aromatic carbocycles. The van der Waals surface area contributed by atoms with Gasteiger partial charge in [0.2, 0.25) is 5.91 Å². The van der Waals surface area contributed by atoms with Gasteiger partial charge in [0.05, 0.1) is 5.75 Å².